The Labute approximate surface area is 168 Å². The third-order valence-electron chi connectivity index (χ3n) is 4.78. The number of pyridine rings is 2. The van der Waals surface area contributed by atoms with Gasteiger partial charge >= 0.3 is 0 Å². The van der Waals surface area contributed by atoms with Gasteiger partial charge in [-0.3, -0.25) is 4.79 Å². The van der Waals surface area contributed by atoms with Crippen LogP contribution in [0, 0.1) is 6.92 Å². The third-order valence-corrected chi connectivity index (χ3v) is 5.99. The molecular formula is C20H22N6OS. The van der Waals surface area contributed by atoms with Gasteiger partial charge in [-0.2, -0.15) is 0 Å². The van der Waals surface area contributed by atoms with Gasteiger partial charge in [0.2, 0.25) is 0 Å². The summed E-state index contributed by atoms with van der Waals surface area (Å²) < 4.78 is 1.88. The van der Waals surface area contributed by atoms with Crippen LogP contribution in [0.1, 0.15) is 58.2 Å². The van der Waals surface area contributed by atoms with Crippen LogP contribution in [0.25, 0.3) is 0 Å². The van der Waals surface area contributed by atoms with Crippen LogP contribution < -0.4 is 5.32 Å². The predicted octanol–water partition coefficient (Wildman–Crippen LogP) is 3.90. The molecule has 0 radical (unpaired) electrons. The lowest BCUT2D eigenvalue weighted by Gasteiger charge is -2.12. The van der Waals surface area contributed by atoms with E-state index in [-0.39, 0.29) is 11.2 Å². The lowest BCUT2D eigenvalue weighted by molar-refractivity contribution is 0.102. The molecule has 144 valence electrons. The number of carbonyl (C=O) groups excluding carboxylic acids is 1. The van der Waals surface area contributed by atoms with Crippen molar-refractivity contribution in [2.75, 3.05) is 5.32 Å². The molecule has 0 unspecified atom stereocenters. The Morgan fingerprint density at radius 1 is 1.32 bits per heavy atom. The van der Waals surface area contributed by atoms with Crippen LogP contribution in [-0.2, 0) is 7.05 Å². The molecule has 0 bridgehead atoms. The Hall–Kier alpha value is -2.74. The molecule has 1 N–H and O–H groups in total. The number of carbonyl (C=O) groups is 1. The van der Waals surface area contributed by atoms with Gasteiger partial charge in [-0.15, -0.1) is 10.2 Å². The van der Waals surface area contributed by atoms with Crippen molar-refractivity contribution in [2.24, 2.45) is 7.05 Å². The van der Waals surface area contributed by atoms with E-state index < -0.39 is 0 Å². The second-order valence-corrected chi connectivity index (χ2v) is 8.39. The average Bonchev–Trinajstić information content (AvgIpc) is 3.45. The summed E-state index contributed by atoms with van der Waals surface area (Å²) in [5, 5.41) is 11.9. The molecule has 3 aromatic rings. The van der Waals surface area contributed by atoms with E-state index in [2.05, 4.69) is 32.4 Å². The summed E-state index contributed by atoms with van der Waals surface area (Å²) in [5.74, 6) is 0.788. The molecule has 1 saturated carbocycles. The van der Waals surface area contributed by atoms with Gasteiger partial charge in [0.15, 0.2) is 5.16 Å². The number of aromatic nitrogens is 5. The SMILES string of the molecule is Cc1ccc(C(=O)Nc2cc([C@H](C)Sc3nncn3C)ccn2)nc1C1CC1. The Bertz CT molecular complexity index is 1010. The highest BCUT2D eigenvalue weighted by Crippen LogP contribution is 2.40. The first-order chi connectivity index (χ1) is 13.5. The Morgan fingerprint density at radius 2 is 2.14 bits per heavy atom. The van der Waals surface area contributed by atoms with Gasteiger partial charge in [0, 0.05) is 30.1 Å². The van der Waals surface area contributed by atoms with E-state index in [1.807, 2.05) is 36.7 Å². The van der Waals surface area contributed by atoms with Gasteiger partial charge in [-0.1, -0.05) is 17.8 Å². The largest absolute Gasteiger partial charge is 0.312 e. The second kappa shape index (κ2) is 7.71. The number of hydrogen-bond acceptors (Lipinski definition) is 6. The van der Waals surface area contributed by atoms with Crippen LogP contribution >= 0.6 is 11.8 Å². The maximum atomic E-state index is 12.7. The van der Waals surface area contributed by atoms with E-state index in [1.54, 1.807) is 30.4 Å². The summed E-state index contributed by atoms with van der Waals surface area (Å²) in [6, 6.07) is 7.58. The van der Waals surface area contributed by atoms with Gasteiger partial charge in [0.25, 0.3) is 5.91 Å². The van der Waals surface area contributed by atoms with Crippen LogP contribution in [0.5, 0.6) is 0 Å². The molecule has 8 heteroatoms. The Balaban J connectivity index is 1.48. The first-order valence-corrected chi connectivity index (χ1v) is 10.1. The molecule has 1 aliphatic carbocycles. The summed E-state index contributed by atoms with van der Waals surface area (Å²) in [6.45, 7) is 4.13. The molecule has 0 spiro atoms. The fourth-order valence-corrected chi connectivity index (χ4v) is 3.90. The Kier molecular flexibility index (Phi) is 5.13. The molecular weight excluding hydrogens is 372 g/mol. The molecule has 3 heterocycles. The van der Waals surface area contributed by atoms with Crippen LogP contribution in [0.2, 0.25) is 0 Å². The molecule has 1 aliphatic rings. The fraction of sp³-hybridized carbons (Fsp3) is 0.350. The minimum Gasteiger partial charge on any atom is -0.312 e. The zero-order valence-corrected chi connectivity index (χ0v) is 16.9. The molecule has 4 rings (SSSR count). The first-order valence-electron chi connectivity index (χ1n) is 9.27. The highest BCUT2D eigenvalue weighted by Gasteiger charge is 2.27. The number of nitrogens with one attached hydrogen (secondary N) is 1. The minimum atomic E-state index is -0.236. The topological polar surface area (TPSA) is 85.6 Å². The van der Waals surface area contributed by atoms with E-state index in [9.17, 15) is 4.79 Å². The number of thioether (sulfide) groups is 1. The summed E-state index contributed by atoms with van der Waals surface area (Å²) in [6.07, 6.45) is 5.70. The smallest absolute Gasteiger partial charge is 0.275 e. The van der Waals surface area contributed by atoms with Crippen LogP contribution in [0.4, 0.5) is 5.82 Å². The summed E-state index contributed by atoms with van der Waals surface area (Å²) in [7, 11) is 1.91. The van der Waals surface area contributed by atoms with Crippen molar-refractivity contribution in [1.29, 1.82) is 0 Å². The predicted molar refractivity (Wildman–Crippen MR) is 108 cm³/mol. The maximum absolute atomic E-state index is 12.7. The molecule has 7 nitrogen and oxygen atoms in total. The second-order valence-electron chi connectivity index (χ2n) is 7.09. The van der Waals surface area contributed by atoms with E-state index in [0.717, 1.165) is 34.8 Å². The molecule has 3 aromatic heterocycles. The van der Waals surface area contributed by atoms with Crippen molar-refractivity contribution in [3.8, 4) is 0 Å². The lowest BCUT2D eigenvalue weighted by Crippen LogP contribution is -2.16. The van der Waals surface area contributed by atoms with E-state index >= 15 is 0 Å². The normalized spacial score (nSPS) is 14.7. The van der Waals surface area contributed by atoms with Crippen molar-refractivity contribution in [3.05, 3.63) is 59.3 Å². The molecule has 1 atom stereocenters. The van der Waals surface area contributed by atoms with Gasteiger partial charge in [-0.25, -0.2) is 9.97 Å². The molecule has 1 amide bonds. The monoisotopic (exact) mass is 394 g/mol. The van der Waals surface area contributed by atoms with E-state index in [0.29, 0.717) is 17.4 Å². The average molecular weight is 395 g/mol. The number of hydrogen-bond donors (Lipinski definition) is 1. The molecule has 0 aromatic carbocycles. The highest BCUT2D eigenvalue weighted by atomic mass is 32.2. The third kappa shape index (κ3) is 4.06. The van der Waals surface area contributed by atoms with Crippen molar-refractivity contribution in [1.82, 2.24) is 24.7 Å². The summed E-state index contributed by atoms with van der Waals surface area (Å²) in [4.78, 5) is 21.5. The van der Waals surface area contributed by atoms with Crippen molar-refractivity contribution in [3.63, 3.8) is 0 Å². The number of amides is 1. The van der Waals surface area contributed by atoms with Crippen LogP contribution in [0.3, 0.4) is 0 Å². The van der Waals surface area contributed by atoms with Crippen molar-refractivity contribution < 1.29 is 4.79 Å². The molecule has 0 saturated heterocycles. The number of rotatable bonds is 6. The highest BCUT2D eigenvalue weighted by molar-refractivity contribution is 7.99. The Morgan fingerprint density at radius 3 is 2.86 bits per heavy atom. The van der Waals surface area contributed by atoms with Crippen LogP contribution in [0.15, 0.2) is 41.9 Å². The lowest BCUT2D eigenvalue weighted by atomic mass is 10.1. The zero-order valence-electron chi connectivity index (χ0n) is 16.1. The minimum absolute atomic E-state index is 0.139. The van der Waals surface area contributed by atoms with Crippen molar-refractivity contribution >= 4 is 23.5 Å². The fourth-order valence-electron chi connectivity index (χ4n) is 2.99. The molecule has 0 aliphatic heterocycles. The molecule has 1 fully saturated rings. The van der Waals surface area contributed by atoms with Gasteiger partial charge in [-0.05, 0) is 56.0 Å². The number of aryl methyl sites for hydroxylation is 2. The van der Waals surface area contributed by atoms with Gasteiger partial charge in [0.05, 0.1) is 0 Å². The van der Waals surface area contributed by atoms with E-state index in [1.165, 1.54) is 0 Å². The standard InChI is InChI=1S/C20H22N6OS/c1-12-4-7-16(23-18(12)14-5-6-14)19(27)24-17-10-15(8-9-21-17)13(2)28-20-25-22-11-26(20)3/h4,7-11,13-14H,5-6H2,1-3H3,(H,21,24,27)/t13-/m0/s1. The summed E-state index contributed by atoms with van der Waals surface area (Å²) in [5.41, 5.74) is 3.67. The van der Waals surface area contributed by atoms with E-state index in [4.69, 9.17) is 0 Å². The van der Waals surface area contributed by atoms with Gasteiger partial charge < -0.3 is 9.88 Å². The number of nitrogens with zero attached hydrogens (tertiary/aromatic N) is 5. The number of anilines is 1. The van der Waals surface area contributed by atoms with Gasteiger partial charge in [0.1, 0.15) is 17.8 Å². The summed E-state index contributed by atoms with van der Waals surface area (Å²) >= 11 is 1.60. The first kappa shape index (κ1) is 18.6. The zero-order chi connectivity index (χ0) is 19.7. The maximum Gasteiger partial charge on any atom is 0.275 e. The molecule has 28 heavy (non-hydrogen) atoms. The van der Waals surface area contributed by atoms with Crippen molar-refractivity contribution in [2.45, 2.75) is 43.0 Å². The van der Waals surface area contributed by atoms with Crippen LogP contribution in [-0.4, -0.2) is 30.6 Å². The quantitative estimate of drug-likeness (QED) is 0.638.